The minimum atomic E-state index is -1.28. The molecule has 9 nitrogen and oxygen atoms in total. The number of allylic oxidation sites excluding steroid dienone is 1. The minimum Gasteiger partial charge on any atom is -0.433 e. The highest BCUT2D eigenvalue weighted by atomic mass is 16.7. The number of hydrogen-bond acceptors (Lipinski definition) is 7. The fourth-order valence-electron chi connectivity index (χ4n) is 3.74. The first-order valence-corrected chi connectivity index (χ1v) is 9.20. The molecule has 0 radical (unpaired) electrons. The molecule has 0 fully saturated rings. The first-order valence-electron chi connectivity index (χ1n) is 9.20. The summed E-state index contributed by atoms with van der Waals surface area (Å²) in [6.45, 7) is 0. The van der Waals surface area contributed by atoms with Gasteiger partial charge in [0.15, 0.2) is 0 Å². The summed E-state index contributed by atoms with van der Waals surface area (Å²) in [6, 6.07) is 15.2. The quantitative estimate of drug-likeness (QED) is 0.599. The van der Waals surface area contributed by atoms with Gasteiger partial charge in [-0.05, 0) is 30.5 Å². The minimum absolute atomic E-state index is 0.0669. The van der Waals surface area contributed by atoms with Crippen LogP contribution in [0.3, 0.4) is 0 Å². The molecule has 2 aromatic carbocycles. The van der Waals surface area contributed by atoms with E-state index in [9.17, 15) is 20.2 Å². The van der Waals surface area contributed by atoms with E-state index in [2.05, 4.69) is 10.5 Å². The van der Waals surface area contributed by atoms with E-state index in [1.165, 1.54) is 12.1 Å². The Morgan fingerprint density at radius 3 is 2.38 bits per heavy atom. The fraction of sp³-hybridized carbons (Fsp3) is 0.250. The van der Waals surface area contributed by atoms with E-state index in [0.29, 0.717) is 35.4 Å². The molecule has 2 aliphatic rings. The van der Waals surface area contributed by atoms with Crippen molar-refractivity contribution in [3.05, 3.63) is 91.7 Å². The van der Waals surface area contributed by atoms with Crippen LogP contribution in [0, 0.1) is 20.2 Å². The smallest absolute Gasteiger partial charge is 0.364 e. The number of nitrogens with one attached hydrogen (secondary N) is 1. The van der Waals surface area contributed by atoms with Crippen molar-refractivity contribution in [2.24, 2.45) is 5.10 Å². The number of rotatable bonds is 5. The van der Waals surface area contributed by atoms with Gasteiger partial charge in [-0.25, -0.2) is 0 Å². The number of nitro groups is 2. The number of nitro benzene ring substituents is 1. The van der Waals surface area contributed by atoms with Gasteiger partial charge in [-0.1, -0.05) is 30.3 Å². The molecule has 2 aromatic rings. The van der Waals surface area contributed by atoms with Crippen LogP contribution in [-0.4, -0.2) is 21.8 Å². The average molecular weight is 394 g/mol. The van der Waals surface area contributed by atoms with Crippen molar-refractivity contribution < 1.29 is 14.6 Å². The average Bonchev–Trinajstić information content (AvgIpc) is 3.13. The Kier molecular flexibility index (Phi) is 4.94. The highest BCUT2D eigenvalue weighted by molar-refractivity contribution is 6.03. The lowest BCUT2D eigenvalue weighted by molar-refractivity contribution is -0.570. The number of nitrogens with zero attached hydrogens (tertiary/aromatic N) is 3. The molecule has 0 saturated carbocycles. The van der Waals surface area contributed by atoms with Crippen molar-refractivity contribution in [2.45, 2.75) is 31.4 Å². The Morgan fingerprint density at radius 1 is 1.00 bits per heavy atom. The first kappa shape index (κ1) is 18.6. The lowest BCUT2D eigenvalue weighted by Gasteiger charge is -2.19. The van der Waals surface area contributed by atoms with Crippen LogP contribution in [0.5, 0.6) is 0 Å². The Hall–Kier alpha value is -3.75. The van der Waals surface area contributed by atoms with Crippen molar-refractivity contribution in [1.29, 1.82) is 0 Å². The van der Waals surface area contributed by atoms with Gasteiger partial charge in [-0.2, -0.15) is 5.10 Å². The van der Waals surface area contributed by atoms with E-state index in [1.54, 1.807) is 12.1 Å². The lowest BCUT2D eigenvalue weighted by atomic mass is 9.83. The maximum atomic E-state index is 11.7. The van der Waals surface area contributed by atoms with Crippen LogP contribution in [-0.2, 0) is 4.74 Å². The number of hydrazone groups is 1. The van der Waals surface area contributed by atoms with Gasteiger partial charge in [-0.3, -0.25) is 25.7 Å². The third-order valence-corrected chi connectivity index (χ3v) is 5.05. The normalized spacial score (nSPS) is 22.1. The largest absolute Gasteiger partial charge is 0.433 e. The highest BCUT2D eigenvalue weighted by Gasteiger charge is 2.48. The van der Waals surface area contributed by atoms with Crippen molar-refractivity contribution in [1.82, 2.24) is 0 Å². The Labute approximate surface area is 166 Å². The van der Waals surface area contributed by atoms with Crippen molar-refractivity contribution >= 4 is 17.1 Å². The van der Waals surface area contributed by atoms with Gasteiger partial charge < -0.3 is 4.74 Å². The first-order chi connectivity index (χ1) is 14.0. The Balaban J connectivity index is 1.71. The van der Waals surface area contributed by atoms with Gasteiger partial charge in [0, 0.05) is 24.1 Å². The molecule has 148 valence electrons. The van der Waals surface area contributed by atoms with Crippen LogP contribution in [0.25, 0.3) is 0 Å². The Morgan fingerprint density at radius 2 is 1.72 bits per heavy atom. The second-order valence-electron chi connectivity index (χ2n) is 6.85. The molecule has 9 heteroatoms. The predicted molar refractivity (Wildman–Crippen MR) is 106 cm³/mol. The summed E-state index contributed by atoms with van der Waals surface area (Å²) in [4.78, 5) is 21.7. The van der Waals surface area contributed by atoms with Gasteiger partial charge in [-0.15, -0.1) is 0 Å². The summed E-state index contributed by atoms with van der Waals surface area (Å²) in [5, 5.41) is 27.1. The number of anilines is 1. The third kappa shape index (κ3) is 3.66. The second kappa shape index (κ2) is 7.70. The maximum absolute atomic E-state index is 11.7. The Bertz CT molecular complexity index is 1000. The van der Waals surface area contributed by atoms with Gasteiger partial charge in [0.25, 0.3) is 5.69 Å². The van der Waals surface area contributed by atoms with Crippen LogP contribution in [0.1, 0.15) is 30.7 Å². The summed E-state index contributed by atoms with van der Waals surface area (Å²) >= 11 is 0. The van der Waals surface area contributed by atoms with Gasteiger partial charge in [0.2, 0.25) is 0 Å². The van der Waals surface area contributed by atoms with Crippen molar-refractivity contribution in [2.75, 3.05) is 5.43 Å². The zero-order valence-corrected chi connectivity index (χ0v) is 15.4. The third-order valence-electron chi connectivity index (χ3n) is 5.05. The van der Waals surface area contributed by atoms with Crippen LogP contribution in [0.2, 0.25) is 0 Å². The molecule has 1 aliphatic heterocycles. The highest BCUT2D eigenvalue weighted by Crippen LogP contribution is 2.44. The summed E-state index contributed by atoms with van der Waals surface area (Å²) < 4.78 is 5.69. The molecule has 0 saturated heterocycles. The molecule has 0 amide bonds. The zero-order valence-electron chi connectivity index (χ0n) is 15.4. The summed E-state index contributed by atoms with van der Waals surface area (Å²) in [5.74, 6) is -0.0904. The molecule has 0 aromatic heterocycles. The number of non-ortho nitro benzene ring substituents is 1. The van der Waals surface area contributed by atoms with Crippen molar-refractivity contribution in [3.63, 3.8) is 0 Å². The van der Waals surface area contributed by atoms with E-state index in [1.807, 2.05) is 30.3 Å². The molecule has 0 unspecified atom stereocenters. The summed E-state index contributed by atoms with van der Waals surface area (Å²) in [6.07, 6.45) is 0.774. The topological polar surface area (TPSA) is 120 Å². The van der Waals surface area contributed by atoms with Crippen LogP contribution < -0.4 is 5.43 Å². The van der Waals surface area contributed by atoms with E-state index < -0.39 is 22.0 Å². The van der Waals surface area contributed by atoms with Crippen molar-refractivity contribution in [3.8, 4) is 0 Å². The molecular weight excluding hydrogens is 376 g/mol. The standard InChI is InChI=1S/C20H18N4O5/c25-23(26)15-11-9-13(10-12-15)18-19-16(22-21-14-5-2-1-3-6-14)7-4-8-17(19)29-20(18)24(27)28/h1-3,5-6,9-12,18,20-21H,4,7-8H2/b22-16-/t18-,20-/m1/s1. The number of hydrogen-bond donors (Lipinski definition) is 1. The SMILES string of the molecule is O=[N+]([O-])c1ccc([C@@H]2C3=C(CCC/C3=N/Nc3ccccc3)O[C@H]2[N+](=O)[O-])cc1. The molecule has 1 aliphatic carbocycles. The number of para-hydroxylation sites is 1. The molecule has 4 rings (SSSR count). The molecule has 0 spiro atoms. The van der Waals surface area contributed by atoms with Gasteiger partial charge in [0.1, 0.15) is 11.7 Å². The van der Waals surface area contributed by atoms with Crippen LogP contribution >= 0.6 is 0 Å². The predicted octanol–water partition coefficient (Wildman–Crippen LogP) is 4.22. The van der Waals surface area contributed by atoms with E-state index in [4.69, 9.17) is 4.74 Å². The molecule has 1 N–H and O–H groups in total. The van der Waals surface area contributed by atoms with E-state index >= 15 is 0 Å². The van der Waals surface area contributed by atoms with Gasteiger partial charge >= 0.3 is 6.23 Å². The van der Waals surface area contributed by atoms with E-state index in [-0.39, 0.29) is 5.69 Å². The van der Waals surface area contributed by atoms with Crippen LogP contribution in [0.15, 0.2) is 71.0 Å². The molecule has 1 heterocycles. The molecule has 0 bridgehead atoms. The number of benzene rings is 2. The fourth-order valence-corrected chi connectivity index (χ4v) is 3.74. The summed E-state index contributed by atoms with van der Waals surface area (Å²) in [5.41, 5.74) is 5.76. The molecular formula is C20H18N4O5. The van der Waals surface area contributed by atoms with E-state index in [0.717, 1.165) is 12.1 Å². The lowest BCUT2D eigenvalue weighted by Crippen LogP contribution is -2.27. The maximum Gasteiger partial charge on any atom is 0.364 e. The summed E-state index contributed by atoms with van der Waals surface area (Å²) in [7, 11) is 0. The monoisotopic (exact) mass is 394 g/mol. The number of ether oxygens (including phenoxy) is 1. The van der Waals surface area contributed by atoms with Gasteiger partial charge in [0.05, 0.1) is 21.2 Å². The molecule has 29 heavy (non-hydrogen) atoms. The van der Waals surface area contributed by atoms with Crippen LogP contribution in [0.4, 0.5) is 11.4 Å². The zero-order chi connectivity index (χ0) is 20.4. The second-order valence-corrected chi connectivity index (χ2v) is 6.85. The molecule has 2 atom stereocenters.